The van der Waals surface area contributed by atoms with Gasteiger partial charge in [0.2, 0.25) is 10.0 Å². The summed E-state index contributed by atoms with van der Waals surface area (Å²) in [5, 5.41) is 5.05. The van der Waals surface area contributed by atoms with Crippen LogP contribution >= 0.6 is 23.2 Å². The van der Waals surface area contributed by atoms with Crippen LogP contribution in [-0.2, 0) is 16.4 Å². The molecule has 0 unspecified atom stereocenters. The number of hydrogen-bond acceptors (Lipinski definition) is 4. The van der Waals surface area contributed by atoms with Gasteiger partial charge in [0.25, 0.3) is 0 Å². The van der Waals surface area contributed by atoms with Gasteiger partial charge < -0.3 is 0 Å². The maximum Gasteiger partial charge on any atom is 0.242 e. The summed E-state index contributed by atoms with van der Waals surface area (Å²) in [7, 11) is -3.75. The molecule has 0 fully saturated rings. The highest BCUT2D eigenvalue weighted by Gasteiger charge is 2.20. The van der Waals surface area contributed by atoms with E-state index in [2.05, 4.69) is 14.8 Å². The minimum absolute atomic E-state index is 0.0219. The zero-order valence-electron chi connectivity index (χ0n) is 15.7. The third kappa shape index (κ3) is 4.22. The van der Waals surface area contributed by atoms with E-state index < -0.39 is 10.0 Å². The summed E-state index contributed by atoms with van der Waals surface area (Å²) in [5.41, 5.74) is 3.39. The molecule has 0 bridgehead atoms. The first-order valence-corrected chi connectivity index (χ1v) is 10.9. The summed E-state index contributed by atoms with van der Waals surface area (Å²) in [6.07, 6.45) is 2.20. The van der Waals surface area contributed by atoms with E-state index in [0.717, 1.165) is 22.8 Å². The maximum absolute atomic E-state index is 12.6. The first-order chi connectivity index (χ1) is 13.2. The van der Waals surface area contributed by atoms with Gasteiger partial charge in [-0.1, -0.05) is 29.3 Å². The lowest BCUT2D eigenvalue weighted by Gasteiger charge is -2.10. The number of aryl methyl sites for hydroxylation is 2. The van der Waals surface area contributed by atoms with E-state index in [1.54, 1.807) is 17.8 Å². The van der Waals surface area contributed by atoms with Crippen LogP contribution in [0.25, 0.3) is 5.82 Å². The lowest BCUT2D eigenvalue weighted by molar-refractivity contribution is 0.581. The van der Waals surface area contributed by atoms with Crippen LogP contribution in [0, 0.1) is 20.8 Å². The minimum Gasteiger partial charge on any atom is -0.237 e. The second-order valence-electron chi connectivity index (χ2n) is 6.43. The largest absolute Gasteiger partial charge is 0.242 e. The van der Waals surface area contributed by atoms with Crippen LogP contribution < -0.4 is 4.72 Å². The molecule has 9 heteroatoms. The summed E-state index contributed by atoms with van der Waals surface area (Å²) in [6, 6.07) is 8.52. The van der Waals surface area contributed by atoms with Crippen LogP contribution in [0.5, 0.6) is 0 Å². The predicted octanol–water partition coefficient (Wildman–Crippen LogP) is 4.02. The second kappa shape index (κ2) is 8.21. The molecule has 0 amide bonds. The van der Waals surface area contributed by atoms with Gasteiger partial charge in [-0.3, -0.25) is 0 Å². The zero-order valence-corrected chi connectivity index (χ0v) is 18.0. The van der Waals surface area contributed by atoms with Crippen molar-refractivity contribution in [2.75, 3.05) is 6.54 Å². The maximum atomic E-state index is 12.6. The second-order valence-corrected chi connectivity index (χ2v) is 8.98. The Hall–Kier alpha value is -1.93. The molecule has 0 radical (unpaired) electrons. The van der Waals surface area contributed by atoms with E-state index in [-0.39, 0.29) is 16.5 Å². The van der Waals surface area contributed by atoms with Crippen molar-refractivity contribution in [3.63, 3.8) is 0 Å². The molecule has 0 aliphatic heterocycles. The third-order valence-corrected chi connectivity index (χ3v) is 6.81. The topological polar surface area (TPSA) is 76.9 Å². The van der Waals surface area contributed by atoms with Crippen molar-refractivity contribution in [2.45, 2.75) is 32.1 Å². The Balaban J connectivity index is 1.77. The molecule has 1 N–H and O–H groups in total. The van der Waals surface area contributed by atoms with Gasteiger partial charge in [0.1, 0.15) is 4.90 Å². The number of sulfonamides is 1. The average molecular weight is 439 g/mol. The summed E-state index contributed by atoms with van der Waals surface area (Å²) < 4.78 is 29.6. The van der Waals surface area contributed by atoms with Gasteiger partial charge in [0.15, 0.2) is 5.82 Å². The summed E-state index contributed by atoms with van der Waals surface area (Å²) in [5.74, 6) is 0.721. The molecule has 2 heterocycles. The molecule has 0 saturated carbocycles. The predicted molar refractivity (Wildman–Crippen MR) is 111 cm³/mol. The molecule has 1 aromatic carbocycles. The standard InChI is InChI=1S/C19H20Cl2N4O2S/c1-12-10-18(17(21)11-16(12)20)28(26,27)23-9-7-15-13(2)24-25(14(15)3)19-6-4-5-8-22-19/h4-6,8,10-11,23H,7,9H2,1-3H3. The molecule has 0 saturated heterocycles. The van der Waals surface area contributed by atoms with Crippen LogP contribution in [0.15, 0.2) is 41.4 Å². The Morgan fingerprint density at radius 3 is 2.54 bits per heavy atom. The molecular weight excluding hydrogens is 419 g/mol. The number of pyridine rings is 1. The SMILES string of the molecule is Cc1cc(S(=O)(=O)NCCc2c(C)nn(-c3ccccn3)c2C)c(Cl)cc1Cl. The molecule has 28 heavy (non-hydrogen) atoms. The molecular formula is C19H20Cl2N4O2S. The summed E-state index contributed by atoms with van der Waals surface area (Å²) in [6.45, 7) is 5.79. The van der Waals surface area contributed by atoms with Crippen LogP contribution in [0.3, 0.4) is 0 Å². The fraction of sp³-hybridized carbons (Fsp3) is 0.263. The molecule has 0 atom stereocenters. The highest BCUT2D eigenvalue weighted by Crippen LogP contribution is 2.28. The first-order valence-electron chi connectivity index (χ1n) is 8.62. The van der Waals surface area contributed by atoms with Gasteiger partial charge in [0, 0.05) is 23.5 Å². The fourth-order valence-corrected chi connectivity index (χ4v) is 4.83. The van der Waals surface area contributed by atoms with Crippen molar-refractivity contribution in [3.8, 4) is 5.82 Å². The number of hydrogen-bond donors (Lipinski definition) is 1. The molecule has 2 aromatic heterocycles. The van der Waals surface area contributed by atoms with Gasteiger partial charge in [-0.15, -0.1) is 0 Å². The highest BCUT2D eigenvalue weighted by molar-refractivity contribution is 7.89. The number of halogens is 2. The summed E-state index contributed by atoms with van der Waals surface area (Å²) in [4.78, 5) is 4.33. The smallest absolute Gasteiger partial charge is 0.237 e. The van der Waals surface area contributed by atoms with Crippen molar-refractivity contribution in [1.82, 2.24) is 19.5 Å². The molecule has 6 nitrogen and oxygen atoms in total. The van der Waals surface area contributed by atoms with Crippen molar-refractivity contribution in [1.29, 1.82) is 0 Å². The minimum atomic E-state index is -3.75. The Kier molecular flexibility index (Phi) is 6.09. The Labute approximate surface area is 174 Å². The van der Waals surface area contributed by atoms with Gasteiger partial charge in [0.05, 0.1) is 10.7 Å². The normalized spacial score (nSPS) is 11.8. The van der Waals surface area contributed by atoms with E-state index in [1.807, 2.05) is 32.0 Å². The fourth-order valence-electron chi connectivity index (χ4n) is 2.96. The molecule has 3 rings (SSSR count). The van der Waals surface area contributed by atoms with E-state index in [9.17, 15) is 8.42 Å². The summed E-state index contributed by atoms with van der Waals surface area (Å²) >= 11 is 12.1. The quantitative estimate of drug-likeness (QED) is 0.630. The molecule has 148 valence electrons. The van der Waals surface area contributed by atoms with Crippen molar-refractivity contribution in [2.24, 2.45) is 0 Å². The van der Waals surface area contributed by atoms with E-state index in [0.29, 0.717) is 17.0 Å². The van der Waals surface area contributed by atoms with Crippen molar-refractivity contribution < 1.29 is 8.42 Å². The van der Waals surface area contributed by atoms with Crippen LogP contribution in [0.2, 0.25) is 10.0 Å². The van der Waals surface area contributed by atoms with Gasteiger partial charge >= 0.3 is 0 Å². The number of benzene rings is 1. The van der Waals surface area contributed by atoms with Crippen molar-refractivity contribution in [3.05, 3.63) is 69.1 Å². The van der Waals surface area contributed by atoms with Gasteiger partial charge in [-0.2, -0.15) is 5.10 Å². The van der Waals surface area contributed by atoms with E-state index >= 15 is 0 Å². The molecule has 0 spiro atoms. The molecule has 0 aliphatic rings. The highest BCUT2D eigenvalue weighted by atomic mass is 35.5. The van der Waals surface area contributed by atoms with E-state index in [4.69, 9.17) is 23.2 Å². The lowest BCUT2D eigenvalue weighted by atomic mass is 10.1. The van der Waals surface area contributed by atoms with Crippen molar-refractivity contribution >= 4 is 33.2 Å². The first kappa shape index (κ1) is 20.8. The Morgan fingerprint density at radius 2 is 1.86 bits per heavy atom. The molecule has 3 aromatic rings. The lowest BCUT2D eigenvalue weighted by Crippen LogP contribution is -2.26. The Morgan fingerprint density at radius 1 is 1.11 bits per heavy atom. The Bertz CT molecular complexity index is 1110. The van der Waals surface area contributed by atoms with Gasteiger partial charge in [-0.05, 0) is 62.6 Å². The van der Waals surface area contributed by atoms with Crippen LogP contribution in [0.4, 0.5) is 0 Å². The third-order valence-electron chi connectivity index (χ3n) is 4.48. The number of aromatic nitrogens is 3. The average Bonchev–Trinajstić information content (AvgIpc) is 2.93. The monoisotopic (exact) mass is 438 g/mol. The van der Waals surface area contributed by atoms with Crippen LogP contribution in [-0.4, -0.2) is 29.7 Å². The number of nitrogens with zero attached hydrogens (tertiary/aromatic N) is 3. The zero-order chi connectivity index (χ0) is 20.5. The molecule has 0 aliphatic carbocycles. The number of nitrogens with one attached hydrogen (secondary N) is 1. The van der Waals surface area contributed by atoms with E-state index in [1.165, 1.54) is 12.1 Å². The van der Waals surface area contributed by atoms with Crippen LogP contribution in [0.1, 0.15) is 22.5 Å². The number of rotatable bonds is 6. The van der Waals surface area contributed by atoms with Gasteiger partial charge in [-0.25, -0.2) is 22.8 Å².